The SMILES string of the molecule is CCC(C)CC1(C(=O)O)CCC(C(C)(C)C)CC1. The first kappa shape index (κ1) is 15.5. The first-order valence-electron chi connectivity index (χ1n) is 7.44. The van der Waals surface area contributed by atoms with Gasteiger partial charge in [-0.1, -0.05) is 41.0 Å². The minimum absolute atomic E-state index is 0.320. The Bertz CT molecular complexity index is 280. The lowest BCUT2D eigenvalue weighted by atomic mass is 9.61. The molecule has 106 valence electrons. The lowest BCUT2D eigenvalue weighted by Gasteiger charge is -2.42. The van der Waals surface area contributed by atoms with Gasteiger partial charge in [0, 0.05) is 0 Å². The Morgan fingerprint density at radius 1 is 1.33 bits per heavy atom. The minimum atomic E-state index is -0.560. The molecule has 0 amide bonds. The van der Waals surface area contributed by atoms with E-state index in [1.807, 2.05) is 0 Å². The molecule has 2 heteroatoms. The van der Waals surface area contributed by atoms with Crippen LogP contribution in [0.2, 0.25) is 0 Å². The summed E-state index contributed by atoms with van der Waals surface area (Å²) < 4.78 is 0. The molecule has 0 aliphatic heterocycles. The average Bonchev–Trinajstić information content (AvgIpc) is 2.28. The highest BCUT2D eigenvalue weighted by Gasteiger charge is 2.44. The molecule has 0 radical (unpaired) electrons. The standard InChI is InChI=1S/C16H30O2/c1-6-12(2)11-16(14(17)18)9-7-13(8-10-16)15(3,4)5/h12-13H,6-11H2,1-5H3,(H,17,18). The van der Waals surface area contributed by atoms with Gasteiger partial charge in [0.05, 0.1) is 5.41 Å². The van der Waals surface area contributed by atoms with Gasteiger partial charge in [-0.25, -0.2) is 0 Å². The van der Waals surface area contributed by atoms with Gasteiger partial charge in [-0.15, -0.1) is 0 Å². The molecule has 0 aromatic heterocycles. The Morgan fingerprint density at radius 2 is 1.83 bits per heavy atom. The molecule has 0 bridgehead atoms. The van der Waals surface area contributed by atoms with Crippen LogP contribution in [0.1, 0.15) is 73.1 Å². The van der Waals surface area contributed by atoms with E-state index >= 15 is 0 Å². The van der Waals surface area contributed by atoms with E-state index in [-0.39, 0.29) is 0 Å². The van der Waals surface area contributed by atoms with E-state index in [0.717, 1.165) is 38.5 Å². The number of carboxylic acid groups (broad SMARTS) is 1. The second-order valence-corrected chi connectivity index (χ2v) is 7.44. The van der Waals surface area contributed by atoms with Crippen molar-refractivity contribution >= 4 is 5.97 Å². The van der Waals surface area contributed by atoms with Crippen molar-refractivity contribution in [2.24, 2.45) is 22.7 Å². The molecule has 1 aliphatic rings. The Balaban J connectivity index is 2.72. The fraction of sp³-hybridized carbons (Fsp3) is 0.938. The Hall–Kier alpha value is -0.530. The minimum Gasteiger partial charge on any atom is -0.481 e. The number of hydrogen-bond donors (Lipinski definition) is 1. The second kappa shape index (κ2) is 5.63. The summed E-state index contributed by atoms with van der Waals surface area (Å²) in [6.45, 7) is 11.2. The van der Waals surface area contributed by atoms with E-state index in [1.165, 1.54) is 0 Å². The van der Waals surface area contributed by atoms with Crippen molar-refractivity contribution in [1.29, 1.82) is 0 Å². The van der Waals surface area contributed by atoms with Crippen LogP contribution in [-0.4, -0.2) is 11.1 Å². The van der Waals surface area contributed by atoms with Gasteiger partial charge in [0.2, 0.25) is 0 Å². The van der Waals surface area contributed by atoms with Crippen LogP contribution in [0, 0.1) is 22.7 Å². The predicted molar refractivity (Wildman–Crippen MR) is 75.6 cm³/mol. The summed E-state index contributed by atoms with van der Waals surface area (Å²) in [5, 5.41) is 9.62. The van der Waals surface area contributed by atoms with E-state index in [4.69, 9.17) is 0 Å². The summed E-state index contributed by atoms with van der Waals surface area (Å²) in [5.41, 5.74) is -0.113. The molecule has 2 nitrogen and oxygen atoms in total. The van der Waals surface area contributed by atoms with Crippen LogP contribution in [0.5, 0.6) is 0 Å². The number of rotatable bonds is 4. The molecule has 0 heterocycles. The number of hydrogen-bond acceptors (Lipinski definition) is 1. The van der Waals surface area contributed by atoms with Crippen LogP contribution in [0.3, 0.4) is 0 Å². The van der Waals surface area contributed by atoms with Crippen molar-refractivity contribution in [3.8, 4) is 0 Å². The Morgan fingerprint density at radius 3 is 2.17 bits per heavy atom. The first-order valence-corrected chi connectivity index (χ1v) is 7.44. The molecule has 1 rings (SSSR count). The summed E-state index contributed by atoms with van der Waals surface area (Å²) >= 11 is 0. The molecule has 1 atom stereocenters. The maximum absolute atomic E-state index is 11.7. The van der Waals surface area contributed by atoms with E-state index in [1.54, 1.807) is 0 Å². The zero-order valence-corrected chi connectivity index (χ0v) is 12.8. The molecular weight excluding hydrogens is 224 g/mol. The van der Waals surface area contributed by atoms with E-state index < -0.39 is 11.4 Å². The van der Waals surface area contributed by atoms with Gasteiger partial charge < -0.3 is 5.11 Å². The van der Waals surface area contributed by atoms with Gasteiger partial charge in [-0.3, -0.25) is 4.79 Å². The van der Waals surface area contributed by atoms with Gasteiger partial charge in [0.15, 0.2) is 0 Å². The van der Waals surface area contributed by atoms with Crippen molar-refractivity contribution in [2.75, 3.05) is 0 Å². The summed E-state index contributed by atoms with van der Waals surface area (Å²) in [6, 6.07) is 0. The van der Waals surface area contributed by atoms with Crippen molar-refractivity contribution in [3.05, 3.63) is 0 Å². The van der Waals surface area contributed by atoms with Gasteiger partial charge in [-0.05, 0) is 49.4 Å². The van der Waals surface area contributed by atoms with E-state index in [9.17, 15) is 9.90 Å². The molecule has 1 fully saturated rings. The van der Waals surface area contributed by atoms with Crippen molar-refractivity contribution in [3.63, 3.8) is 0 Å². The van der Waals surface area contributed by atoms with Crippen molar-refractivity contribution in [1.82, 2.24) is 0 Å². The van der Waals surface area contributed by atoms with Gasteiger partial charge in [0.25, 0.3) is 0 Å². The summed E-state index contributed by atoms with van der Waals surface area (Å²) in [5.74, 6) is 0.643. The smallest absolute Gasteiger partial charge is 0.309 e. The van der Waals surface area contributed by atoms with Crippen molar-refractivity contribution < 1.29 is 9.90 Å². The molecule has 1 saturated carbocycles. The zero-order valence-electron chi connectivity index (χ0n) is 12.8. The molecule has 18 heavy (non-hydrogen) atoms. The molecule has 0 saturated heterocycles. The maximum Gasteiger partial charge on any atom is 0.309 e. The lowest BCUT2D eigenvalue weighted by molar-refractivity contribution is -0.153. The number of aliphatic carboxylic acids is 1. The molecule has 0 aromatic rings. The summed E-state index contributed by atoms with van der Waals surface area (Å²) in [4.78, 5) is 11.7. The van der Waals surface area contributed by atoms with Gasteiger partial charge >= 0.3 is 5.97 Å². The van der Waals surface area contributed by atoms with Crippen LogP contribution in [0.15, 0.2) is 0 Å². The molecule has 0 aromatic carbocycles. The fourth-order valence-electron chi connectivity index (χ4n) is 3.35. The molecule has 1 aliphatic carbocycles. The van der Waals surface area contributed by atoms with Gasteiger partial charge in [-0.2, -0.15) is 0 Å². The highest BCUT2D eigenvalue weighted by atomic mass is 16.4. The number of carbonyl (C=O) groups is 1. The lowest BCUT2D eigenvalue weighted by Crippen LogP contribution is -2.39. The quantitative estimate of drug-likeness (QED) is 0.787. The summed E-state index contributed by atoms with van der Waals surface area (Å²) in [7, 11) is 0. The van der Waals surface area contributed by atoms with Crippen LogP contribution in [0.4, 0.5) is 0 Å². The Kier molecular flexibility index (Phi) is 4.85. The third-order valence-corrected chi connectivity index (χ3v) is 5.06. The normalized spacial score (nSPS) is 31.1. The fourth-order valence-corrected chi connectivity index (χ4v) is 3.35. The monoisotopic (exact) mass is 254 g/mol. The molecule has 1 N–H and O–H groups in total. The van der Waals surface area contributed by atoms with E-state index in [0.29, 0.717) is 17.3 Å². The number of carboxylic acids is 1. The van der Waals surface area contributed by atoms with E-state index in [2.05, 4.69) is 34.6 Å². The third-order valence-electron chi connectivity index (χ3n) is 5.06. The topological polar surface area (TPSA) is 37.3 Å². The molecule has 0 spiro atoms. The highest BCUT2D eigenvalue weighted by molar-refractivity contribution is 5.74. The third kappa shape index (κ3) is 3.49. The Labute approximate surface area is 112 Å². The van der Waals surface area contributed by atoms with Crippen LogP contribution in [0.25, 0.3) is 0 Å². The second-order valence-electron chi connectivity index (χ2n) is 7.44. The largest absolute Gasteiger partial charge is 0.481 e. The first-order chi connectivity index (χ1) is 8.21. The highest BCUT2D eigenvalue weighted by Crippen LogP contribution is 2.48. The zero-order chi connectivity index (χ0) is 14.0. The summed E-state index contributed by atoms with van der Waals surface area (Å²) in [6.07, 6.45) is 5.83. The molecular formula is C16H30O2. The van der Waals surface area contributed by atoms with Gasteiger partial charge in [0.1, 0.15) is 0 Å². The van der Waals surface area contributed by atoms with Crippen LogP contribution < -0.4 is 0 Å². The predicted octanol–water partition coefficient (Wildman–Crippen LogP) is 4.73. The van der Waals surface area contributed by atoms with Crippen molar-refractivity contribution in [2.45, 2.75) is 73.1 Å². The molecule has 1 unspecified atom stereocenters. The maximum atomic E-state index is 11.7. The van der Waals surface area contributed by atoms with Crippen LogP contribution in [-0.2, 0) is 4.79 Å². The van der Waals surface area contributed by atoms with Crippen LogP contribution >= 0.6 is 0 Å². The average molecular weight is 254 g/mol.